The summed E-state index contributed by atoms with van der Waals surface area (Å²) in [5.74, 6) is -1.24. The van der Waals surface area contributed by atoms with Crippen LogP contribution in [0.15, 0.2) is 71.7 Å². The first kappa shape index (κ1) is 19.2. The third-order valence-electron chi connectivity index (χ3n) is 6.01. The van der Waals surface area contributed by atoms with Crippen molar-refractivity contribution in [3.05, 3.63) is 77.2 Å². The summed E-state index contributed by atoms with van der Waals surface area (Å²) in [6, 6.07) is 18.8. The zero-order valence-electron chi connectivity index (χ0n) is 16.9. The summed E-state index contributed by atoms with van der Waals surface area (Å²) in [7, 11) is 0. The third kappa shape index (κ3) is 3.52. The number of fused-ring (bicyclic) bond motifs is 1. The SMILES string of the molecule is O=C(O)C1CCCC(n2nc(-c3c(-c4ccccc4)nn4ccccc34)ccc2=O)C1. The molecular weight excluding hydrogens is 392 g/mol. The van der Waals surface area contributed by atoms with E-state index in [2.05, 4.69) is 0 Å². The van der Waals surface area contributed by atoms with E-state index in [4.69, 9.17) is 10.2 Å². The fraction of sp³-hybridized carbons (Fsp3) is 0.250. The summed E-state index contributed by atoms with van der Waals surface area (Å²) in [5, 5.41) is 18.9. The number of hydrogen-bond donors (Lipinski definition) is 1. The second-order valence-corrected chi connectivity index (χ2v) is 7.98. The van der Waals surface area contributed by atoms with Gasteiger partial charge in [0.15, 0.2) is 0 Å². The number of benzene rings is 1. The predicted octanol–water partition coefficient (Wildman–Crippen LogP) is 4.04. The molecule has 7 nitrogen and oxygen atoms in total. The van der Waals surface area contributed by atoms with Crippen LogP contribution < -0.4 is 5.56 Å². The molecule has 7 heteroatoms. The average molecular weight is 414 g/mol. The van der Waals surface area contributed by atoms with Gasteiger partial charge in [-0.1, -0.05) is 42.8 Å². The molecule has 0 amide bonds. The second-order valence-electron chi connectivity index (χ2n) is 7.98. The Hall–Kier alpha value is -3.74. The van der Waals surface area contributed by atoms with Crippen molar-refractivity contribution in [2.24, 2.45) is 5.92 Å². The van der Waals surface area contributed by atoms with E-state index in [0.717, 1.165) is 35.2 Å². The van der Waals surface area contributed by atoms with Crippen LogP contribution in [0.25, 0.3) is 28.0 Å². The van der Waals surface area contributed by atoms with Crippen molar-refractivity contribution >= 4 is 11.5 Å². The maximum Gasteiger partial charge on any atom is 0.306 e. The van der Waals surface area contributed by atoms with Crippen molar-refractivity contribution in [1.82, 2.24) is 19.4 Å². The molecule has 0 saturated heterocycles. The number of hydrogen-bond acceptors (Lipinski definition) is 4. The molecule has 3 heterocycles. The molecule has 1 aliphatic rings. The highest BCUT2D eigenvalue weighted by Crippen LogP contribution is 2.35. The Labute approximate surface area is 178 Å². The van der Waals surface area contributed by atoms with Crippen molar-refractivity contribution in [2.45, 2.75) is 31.7 Å². The van der Waals surface area contributed by atoms with E-state index in [-0.39, 0.29) is 11.6 Å². The Morgan fingerprint density at radius 1 is 0.968 bits per heavy atom. The van der Waals surface area contributed by atoms with Crippen molar-refractivity contribution < 1.29 is 9.90 Å². The smallest absolute Gasteiger partial charge is 0.306 e. The lowest BCUT2D eigenvalue weighted by Crippen LogP contribution is -2.32. The molecular formula is C24H22N4O3. The molecule has 1 saturated carbocycles. The van der Waals surface area contributed by atoms with Crippen LogP contribution in [0.1, 0.15) is 31.7 Å². The van der Waals surface area contributed by atoms with Gasteiger partial charge in [0.2, 0.25) is 0 Å². The first-order valence-electron chi connectivity index (χ1n) is 10.5. The second kappa shape index (κ2) is 7.83. The monoisotopic (exact) mass is 414 g/mol. The summed E-state index contributed by atoms with van der Waals surface area (Å²) in [5.41, 5.74) is 3.94. The minimum Gasteiger partial charge on any atom is -0.481 e. The fourth-order valence-electron chi connectivity index (χ4n) is 4.48. The standard InChI is InChI=1S/C24H22N4O3/c29-21-13-12-19(25-28(21)18-10-6-9-17(15-18)24(30)31)22-20-11-4-5-14-27(20)26-23(22)16-7-2-1-3-8-16/h1-5,7-8,11-14,17-18H,6,9-10,15H2,(H,30,31). The molecule has 3 aromatic heterocycles. The largest absolute Gasteiger partial charge is 0.481 e. The zero-order chi connectivity index (χ0) is 21.4. The van der Waals surface area contributed by atoms with Gasteiger partial charge in [0.1, 0.15) is 5.69 Å². The predicted molar refractivity (Wildman–Crippen MR) is 117 cm³/mol. The lowest BCUT2D eigenvalue weighted by Gasteiger charge is -2.27. The van der Waals surface area contributed by atoms with Gasteiger partial charge < -0.3 is 5.11 Å². The number of aromatic nitrogens is 4. The first-order chi connectivity index (χ1) is 15.1. The van der Waals surface area contributed by atoms with Crippen LogP contribution in [0.5, 0.6) is 0 Å². The Bertz CT molecular complexity index is 1310. The van der Waals surface area contributed by atoms with Crippen LogP contribution in [0.4, 0.5) is 0 Å². The minimum absolute atomic E-state index is 0.211. The molecule has 156 valence electrons. The van der Waals surface area contributed by atoms with Gasteiger partial charge in [0.05, 0.1) is 28.7 Å². The van der Waals surface area contributed by atoms with Gasteiger partial charge in [-0.2, -0.15) is 10.2 Å². The summed E-state index contributed by atoms with van der Waals surface area (Å²) in [4.78, 5) is 24.2. The molecule has 0 radical (unpaired) electrons. The highest BCUT2D eigenvalue weighted by molar-refractivity contribution is 5.90. The Morgan fingerprint density at radius 3 is 2.58 bits per heavy atom. The van der Waals surface area contributed by atoms with E-state index < -0.39 is 11.9 Å². The van der Waals surface area contributed by atoms with E-state index in [9.17, 15) is 14.7 Å². The van der Waals surface area contributed by atoms with Crippen molar-refractivity contribution in [1.29, 1.82) is 0 Å². The molecule has 1 aromatic carbocycles. The van der Waals surface area contributed by atoms with Crippen molar-refractivity contribution in [3.8, 4) is 22.5 Å². The molecule has 5 rings (SSSR count). The van der Waals surface area contributed by atoms with Crippen molar-refractivity contribution in [2.75, 3.05) is 0 Å². The molecule has 1 N–H and O–H groups in total. The van der Waals surface area contributed by atoms with Crippen LogP contribution in [0.3, 0.4) is 0 Å². The molecule has 31 heavy (non-hydrogen) atoms. The summed E-state index contributed by atoms with van der Waals surface area (Å²) < 4.78 is 3.29. The highest BCUT2D eigenvalue weighted by Gasteiger charge is 2.29. The molecule has 0 spiro atoms. The normalized spacial score (nSPS) is 18.8. The summed E-state index contributed by atoms with van der Waals surface area (Å²) >= 11 is 0. The minimum atomic E-state index is -0.803. The van der Waals surface area contributed by atoms with Crippen LogP contribution in [-0.2, 0) is 4.79 Å². The lowest BCUT2D eigenvalue weighted by atomic mass is 9.86. The van der Waals surface area contributed by atoms with E-state index in [1.165, 1.54) is 10.7 Å². The zero-order valence-corrected chi connectivity index (χ0v) is 16.9. The van der Waals surface area contributed by atoms with Gasteiger partial charge in [-0.25, -0.2) is 9.20 Å². The third-order valence-corrected chi connectivity index (χ3v) is 6.01. The van der Waals surface area contributed by atoms with Gasteiger partial charge >= 0.3 is 5.97 Å². The van der Waals surface area contributed by atoms with Gasteiger partial charge in [0, 0.05) is 17.8 Å². The molecule has 2 unspecified atom stereocenters. The number of aliphatic carboxylic acids is 1. The summed E-state index contributed by atoms with van der Waals surface area (Å²) in [6.45, 7) is 0. The quantitative estimate of drug-likeness (QED) is 0.544. The molecule has 4 aromatic rings. The molecule has 0 bridgehead atoms. The molecule has 2 atom stereocenters. The van der Waals surface area contributed by atoms with Gasteiger partial charge in [-0.05, 0) is 37.5 Å². The Kier molecular flexibility index (Phi) is 4.86. The van der Waals surface area contributed by atoms with E-state index in [1.54, 1.807) is 6.07 Å². The lowest BCUT2D eigenvalue weighted by molar-refractivity contribution is -0.143. The molecule has 0 aliphatic heterocycles. The van der Waals surface area contributed by atoms with Crippen LogP contribution in [0.2, 0.25) is 0 Å². The van der Waals surface area contributed by atoms with Gasteiger partial charge in [0.25, 0.3) is 5.56 Å². The van der Waals surface area contributed by atoms with E-state index >= 15 is 0 Å². The Balaban J connectivity index is 1.66. The number of rotatable bonds is 4. The molecule has 1 aliphatic carbocycles. The first-order valence-corrected chi connectivity index (χ1v) is 10.5. The topological polar surface area (TPSA) is 89.5 Å². The number of carbonyl (C=O) groups is 1. The number of nitrogens with zero attached hydrogens (tertiary/aromatic N) is 4. The number of pyridine rings is 1. The van der Waals surface area contributed by atoms with Crippen LogP contribution in [0, 0.1) is 5.92 Å². The number of carboxylic acids is 1. The summed E-state index contributed by atoms with van der Waals surface area (Å²) in [6.07, 6.45) is 4.48. The van der Waals surface area contributed by atoms with E-state index in [1.807, 2.05) is 59.2 Å². The highest BCUT2D eigenvalue weighted by atomic mass is 16.4. The Morgan fingerprint density at radius 2 is 1.77 bits per heavy atom. The van der Waals surface area contributed by atoms with Crippen LogP contribution in [-0.4, -0.2) is 30.5 Å². The van der Waals surface area contributed by atoms with Crippen molar-refractivity contribution in [3.63, 3.8) is 0 Å². The van der Waals surface area contributed by atoms with Gasteiger partial charge in [-0.15, -0.1) is 0 Å². The fourth-order valence-corrected chi connectivity index (χ4v) is 4.48. The maximum absolute atomic E-state index is 12.7. The van der Waals surface area contributed by atoms with E-state index in [0.29, 0.717) is 18.5 Å². The molecule has 1 fully saturated rings. The van der Waals surface area contributed by atoms with Gasteiger partial charge in [-0.3, -0.25) is 9.59 Å². The number of carboxylic acid groups (broad SMARTS) is 1. The van der Waals surface area contributed by atoms with Crippen LogP contribution >= 0.6 is 0 Å². The average Bonchev–Trinajstić information content (AvgIpc) is 3.20. The maximum atomic E-state index is 12.7.